The fourth-order valence-electron chi connectivity index (χ4n) is 2.62. The van der Waals surface area contributed by atoms with Gasteiger partial charge in [0.05, 0.1) is 0 Å². The summed E-state index contributed by atoms with van der Waals surface area (Å²) in [6, 6.07) is 11.0. The van der Waals surface area contributed by atoms with E-state index in [0.717, 1.165) is 11.3 Å². The molecule has 1 aliphatic rings. The Morgan fingerprint density at radius 2 is 2.00 bits per heavy atom. The van der Waals surface area contributed by atoms with Gasteiger partial charge in [0.25, 0.3) is 5.91 Å². The van der Waals surface area contributed by atoms with Crippen molar-refractivity contribution < 1.29 is 28.2 Å². The third kappa shape index (κ3) is 3.43. The van der Waals surface area contributed by atoms with E-state index in [1.165, 1.54) is 19.1 Å². The molecule has 0 saturated heterocycles. The van der Waals surface area contributed by atoms with Crippen LogP contribution in [0.4, 0.5) is 10.1 Å². The Bertz CT molecular complexity index is 1050. The number of carbonyl (C=O) groups excluding carboxylic acids is 2. The van der Waals surface area contributed by atoms with Crippen LogP contribution in [-0.2, 0) is 9.53 Å². The maximum atomic E-state index is 13.8. The average molecular weight is 387 g/mol. The average Bonchev–Trinajstić information content (AvgIpc) is 3.28. The Morgan fingerprint density at radius 1 is 1.19 bits per heavy atom. The molecule has 8 heteroatoms. The van der Waals surface area contributed by atoms with Gasteiger partial charge in [-0.25, -0.2) is 9.18 Å². The number of halogens is 1. The maximum absolute atomic E-state index is 13.8. The first-order valence-corrected chi connectivity index (χ1v) is 8.92. The first-order chi connectivity index (χ1) is 13.0. The number of anilines is 1. The number of esters is 1. The van der Waals surface area contributed by atoms with E-state index in [4.69, 9.17) is 14.2 Å². The van der Waals surface area contributed by atoms with Crippen LogP contribution in [0.1, 0.15) is 16.6 Å². The number of ether oxygens (including phenoxy) is 3. The Balaban J connectivity index is 1.42. The Morgan fingerprint density at radius 3 is 2.81 bits per heavy atom. The lowest BCUT2D eigenvalue weighted by Crippen LogP contribution is -2.29. The van der Waals surface area contributed by atoms with Gasteiger partial charge in [-0.05, 0) is 37.3 Å². The molecule has 1 aromatic heterocycles. The van der Waals surface area contributed by atoms with Crippen molar-refractivity contribution in [3.05, 3.63) is 53.2 Å². The predicted octanol–water partition coefficient (Wildman–Crippen LogP) is 3.95. The molecular formula is C19H14FNO5S. The highest BCUT2D eigenvalue weighted by Crippen LogP contribution is 2.34. The fraction of sp³-hybridized carbons (Fsp3) is 0.158. The summed E-state index contributed by atoms with van der Waals surface area (Å²) in [5.74, 6) is -0.441. The molecule has 6 nitrogen and oxygen atoms in total. The third-order valence-corrected chi connectivity index (χ3v) is 5.08. The van der Waals surface area contributed by atoms with E-state index in [0.29, 0.717) is 27.3 Å². The molecule has 0 fully saturated rings. The fourth-order valence-corrected chi connectivity index (χ4v) is 3.57. The van der Waals surface area contributed by atoms with Crippen LogP contribution in [0.15, 0.2) is 42.5 Å². The van der Waals surface area contributed by atoms with Crippen LogP contribution in [-0.4, -0.2) is 24.8 Å². The van der Waals surface area contributed by atoms with E-state index in [2.05, 4.69) is 5.32 Å². The van der Waals surface area contributed by atoms with Gasteiger partial charge in [-0.2, -0.15) is 0 Å². The topological polar surface area (TPSA) is 73.9 Å². The monoisotopic (exact) mass is 387 g/mol. The Labute approximate surface area is 157 Å². The molecule has 0 unspecified atom stereocenters. The van der Waals surface area contributed by atoms with Crippen molar-refractivity contribution >= 4 is 39.0 Å². The highest BCUT2D eigenvalue weighted by Gasteiger charge is 2.22. The first-order valence-electron chi connectivity index (χ1n) is 8.11. The molecule has 138 valence electrons. The molecule has 1 atom stereocenters. The Kier molecular flexibility index (Phi) is 4.41. The highest BCUT2D eigenvalue weighted by atomic mass is 32.1. The van der Waals surface area contributed by atoms with Crippen LogP contribution in [0.2, 0.25) is 0 Å². The van der Waals surface area contributed by atoms with Gasteiger partial charge in [-0.15, -0.1) is 11.3 Å². The molecule has 0 saturated carbocycles. The van der Waals surface area contributed by atoms with E-state index >= 15 is 0 Å². The van der Waals surface area contributed by atoms with Gasteiger partial charge in [-0.1, -0.05) is 6.07 Å². The molecule has 1 N–H and O–H groups in total. The molecule has 2 heterocycles. The summed E-state index contributed by atoms with van der Waals surface area (Å²) in [4.78, 5) is 24.8. The number of hydrogen-bond acceptors (Lipinski definition) is 6. The summed E-state index contributed by atoms with van der Waals surface area (Å²) in [5, 5.41) is 3.01. The highest BCUT2D eigenvalue weighted by molar-refractivity contribution is 7.20. The number of thiophene rings is 1. The summed E-state index contributed by atoms with van der Waals surface area (Å²) < 4.78 is 30.1. The molecule has 2 aromatic carbocycles. The normalized spacial score (nSPS) is 13.4. The molecule has 0 bridgehead atoms. The smallest absolute Gasteiger partial charge is 0.349 e. The van der Waals surface area contributed by atoms with Crippen LogP contribution < -0.4 is 14.8 Å². The van der Waals surface area contributed by atoms with E-state index in [1.54, 1.807) is 30.3 Å². The number of rotatable bonds is 4. The number of fused-ring (bicyclic) bond motifs is 2. The molecule has 0 radical (unpaired) electrons. The second kappa shape index (κ2) is 6.88. The van der Waals surface area contributed by atoms with Crippen molar-refractivity contribution in [2.45, 2.75) is 13.0 Å². The van der Waals surface area contributed by atoms with Crippen LogP contribution in [0.5, 0.6) is 11.5 Å². The summed E-state index contributed by atoms with van der Waals surface area (Å²) in [6.07, 6.45) is -1.03. The van der Waals surface area contributed by atoms with Crippen molar-refractivity contribution in [3.63, 3.8) is 0 Å². The summed E-state index contributed by atoms with van der Waals surface area (Å²) in [7, 11) is 0. The van der Waals surface area contributed by atoms with Crippen LogP contribution >= 0.6 is 11.3 Å². The molecule has 1 amide bonds. The van der Waals surface area contributed by atoms with E-state index in [9.17, 15) is 14.0 Å². The van der Waals surface area contributed by atoms with Crippen molar-refractivity contribution in [1.29, 1.82) is 0 Å². The second-order valence-corrected chi connectivity index (χ2v) is 6.95. The predicted molar refractivity (Wildman–Crippen MR) is 97.9 cm³/mol. The number of benzene rings is 2. The van der Waals surface area contributed by atoms with Gasteiger partial charge >= 0.3 is 5.97 Å². The van der Waals surface area contributed by atoms with Crippen LogP contribution in [0, 0.1) is 5.82 Å². The third-order valence-electron chi connectivity index (χ3n) is 4.00. The number of hydrogen-bond donors (Lipinski definition) is 1. The lowest BCUT2D eigenvalue weighted by atomic mass is 10.2. The molecule has 0 aliphatic carbocycles. The molecule has 4 rings (SSSR count). The van der Waals surface area contributed by atoms with Crippen LogP contribution in [0.3, 0.4) is 0 Å². The van der Waals surface area contributed by atoms with Gasteiger partial charge in [0.15, 0.2) is 17.6 Å². The van der Waals surface area contributed by atoms with Crippen molar-refractivity contribution in [2.24, 2.45) is 0 Å². The van der Waals surface area contributed by atoms with E-state index in [1.807, 2.05) is 0 Å². The summed E-state index contributed by atoms with van der Waals surface area (Å²) in [6.45, 7) is 1.60. The zero-order valence-corrected chi connectivity index (χ0v) is 15.0. The van der Waals surface area contributed by atoms with Crippen LogP contribution in [0.25, 0.3) is 10.1 Å². The maximum Gasteiger partial charge on any atom is 0.349 e. The quantitative estimate of drug-likeness (QED) is 0.686. The molecule has 3 aromatic rings. The molecule has 1 aliphatic heterocycles. The first kappa shape index (κ1) is 17.3. The largest absolute Gasteiger partial charge is 0.454 e. The van der Waals surface area contributed by atoms with Crippen molar-refractivity contribution in [2.75, 3.05) is 12.1 Å². The lowest BCUT2D eigenvalue weighted by molar-refractivity contribution is -0.123. The number of nitrogens with one attached hydrogen (secondary N) is 1. The summed E-state index contributed by atoms with van der Waals surface area (Å²) >= 11 is 1.11. The molecular weight excluding hydrogens is 373 g/mol. The minimum atomic E-state index is -1.03. The van der Waals surface area contributed by atoms with Crippen molar-refractivity contribution in [1.82, 2.24) is 0 Å². The number of amides is 1. The molecule has 0 spiro atoms. The van der Waals surface area contributed by atoms with E-state index in [-0.39, 0.29) is 11.7 Å². The zero-order chi connectivity index (χ0) is 19.0. The molecule has 27 heavy (non-hydrogen) atoms. The van der Waals surface area contributed by atoms with Gasteiger partial charge in [-0.3, -0.25) is 4.79 Å². The van der Waals surface area contributed by atoms with Crippen molar-refractivity contribution in [3.8, 4) is 11.5 Å². The van der Waals surface area contributed by atoms with Gasteiger partial charge < -0.3 is 19.5 Å². The number of carbonyl (C=O) groups is 2. The minimum Gasteiger partial charge on any atom is -0.454 e. The van der Waals surface area contributed by atoms with Gasteiger partial charge in [0.1, 0.15) is 10.7 Å². The SMILES string of the molecule is C[C@@H](OC(=O)c1cc2c(F)cccc2s1)C(=O)Nc1ccc2c(c1)OCO2. The summed E-state index contributed by atoms with van der Waals surface area (Å²) in [5.41, 5.74) is 0.496. The van der Waals surface area contributed by atoms with Gasteiger partial charge in [0, 0.05) is 21.8 Å². The Hall–Kier alpha value is -3.13. The standard InChI is InChI=1S/C19H14FNO5S/c1-10(18(22)21-11-5-6-14-15(7-11)25-9-24-14)26-19(23)17-8-12-13(20)3-2-4-16(12)27-17/h2-8,10H,9H2,1H3,(H,21,22)/t10-/m1/s1. The van der Waals surface area contributed by atoms with E-state index < -0.39 is 23.8 Å². The lowest BCUT2D eigenvalue weighted by Gasteiger charge is -2.13. The minimum absolute atomic E-state index is 0.135. The second-order valence-electron chi connectivity index (χ2n) is 5.87. The zero-order valence-electron chi connectivity index (χ0n) is 14.2. The van der Waals surface area contributed by atoms with Gasteiger partial charge in [0.2, 0.25) is 6.79 Å².